The van der Waals surface area contributed by atoms with Crippen molar-refractivity contribution in [1.29, 1.82) is 0 Å². The Kier molecular flexibility index (Phi) is 5.59. The minimum absolute atomic E-state index is 0.0375. The summed E-state index contributed by atoms with van der Waals surface area (Å²) in [7, 11) is 1.34. The first-order valence-corrected chi connectivity index (χ1v) is 9.71. The number of rotatable bonds is 5. The van der Waals surface area contributed by atoms with Gasteiger partial charge in [-0.1, -0.05) is 18.2 Å². The van der Waals surface area contributed by atoms with Crippen LogP contribution in [0.3, 0.4) is 0 Å². The fraction of sp³-hybridized carbons (Fsp3) is 0.125. The number of aromatic hydroxyl groups is 1. The molecule has 2 heterocycles. The summed E-state index contributed by atoms with van der Waals surface area (Å²) in [4.78, 5) is 31.4. The zero-order valence-corrected chi connectivity index (χ0v) is 17.0. The molecule has 1 amide bonds. The number of phenolic OH excluding ortho intramolecular Hbond substituents is 1. The van der Waals surface area contributed by atoms with Gasteiger partial charge in [0.2, 0.25) is 0 Å². The fourth-order valence-corrected chi connectivity index (χ4v) is 3.78. The molecule has 1 fully saturated rings. The van der Waals surface area contributed by atoms with Crippen LogP contribution in [0, 0.1) is 5.82 Å². The van der Waals surface area contributed by atoms with Crippen molar-refractivity contribution in [3.63, 3.8) is 0 Å². The number of ketones is 1. The number of halogens is 1. The van der Waals surface area contributed by atoms with Crippen LogP contribution < -0.4 is 4.74 Å². The van der Waals surface area contributed by atoms with E-state index >= 15 is 0 Å². The number of amides is 1. The second kappa shape index (κ2) is 8.50. The molecule has 1 aromatic heterocycles. The second-order valence-electron chi connectivity index (χ2n) is 7.23. The van der Waals surface area contributed by atoms with E-state index in [9.17, 15) is 24.2 Å². The van der Waals surface area contributed by atoms with Gasteiger partial charge >= 0.3 is 0 Å². The van der Waals surface area contributed by atoms with Crippen molar-refractivity contribution in [1.82, 2.24) is 9.88 Å². The summed E-state index contributed by atoms with van der Waals surface area (Å²) in [5.74, 6) is -2.91. The van der Waals surface area contributed by atoms with E-state index in [1.807, 2.05) is 0 Å². The number of Topliss-reactive ketones (excluding diaryl/α,β-unsaturated/α-hetero) is 1. The van der Waals surface area contributed by atoms with Gasteiger partial charge in [0.1, 0.15) is 23.1 Å². The Morgan fingerprint density at radius 1 is 1.16 bits per heavy atom. The number of likely N-dealkylation sites (tertiary alicyclic amines) is 1. The predicted molar refractivity (Wildman–Crippen MR) is 113 cm³/mol. The lowest BCUT2D eigenvalue weighted by Crippen LogP contribution is -2.29. The number of carbonyl (C=O) groups excluding carboxylic acids is 2. The molecule has 1 aliphatic rings. The van der Waals surface area contributed by atoms with Crippen LogP contribution in [0.25, 0.3) is 5.76 Å². The maximum Gasteiger partial charge on any atom is 0.295 e. The third-order valence-electron chi connectivity index (χ3n) is 5.22. The molecule has 2 aromatic carbocycles. The molecular formula is C24H19FN2O5. The molecule has 0 spiro atoms. The van der Waals surface area contributed by atoms with Gasteiger partial charge in [0.15, 0.2) is 0 Å². The summed E-state index contributed by atoms with van der Waals surface area (Å²) in [5.41, 5.74) is 0.790. The predicted octanol–water partition coefficient (Wildman–Crippen LogP) is 3.56. The quantitative estimate of drug-likeness (QED) is 0.362. The highest BCUT2D eigenvalue weighted by Gasteiger charge is 2.46. The van der Waals surface area contributed by atoms with Crippen LogP contribution in [0.15, 0.2) is 72.6 Å². The molecule has 1 unspecified atom stereocenters. The highest BCUT2D eigenvalue weighted by molar-refractivity contribution is 6.46. The van der Waals surface area contributed by atoms with Gasteiger partial charge in [0.25, 0.3) is 11.7 Å². The summed E-state index contributed by atoms with van der Waals surface area (Å²) in [6, 6.07) is 12.0. The van der Waals surface area contributed by atoms with Crippen molar-refractivity contribution in [2.75, 3.05) is 7.11 Å². The number of phenols is 1. The van der Waals surface area contributed by atoms with E-state index in [1.165, 1.54) is 30.2 Å². The minimum atomic E-state index is -1.02. The van der Waals surface area contributed by atoms with Gasteiger partial charge in [-0.15, -0.1) is 0 Å². The van der Waals surface area contributed by atoms with Crippen molar-refractivity contribution in [2.24, 2.45) is 0 Å². The topological polar surface area (TPSA) is 100.0 Å². The number of hydrogen-bond acceptors (Lipinski definition) is 6. The Labute approximate surface area is 183 Å². The van der Waals surface area contributed by atoms with Crippen LogP contribution in [-0.4, -0.2) is 38.9 Å². The molecule has 1 saturated heterocycles. The van der Waals surface area contributed by atoms with Crippen LogP contribution in [0.5, 0.6) is 11.5 Å². The smallest absolute Gasteiger partial charge is 0.295 e. The summed E-state index contributed by atoms with van der Waals surface area (Å²) in [6.07, 6.45) is 3.15. The number of ether oxygens (including phenoxy) is 1. The van der Waals surface area contributed by atoms with Gasteiger partial charge in [0.05, 0.1) is 24.3 Å². The number of nitrogens with zero attached hydrogens (tertiary/aromatic N) is 2. The number of aliphatic hydroxyl groups excluding tert-OH is 1. The maximum atomic E-state index is 14.0. The molecule has 1 aliphatic heterocycles. The Morgan fingerprint density at radius 2 is 1.97 bits per heavy atom. The van der Waals surface area contributed by atoms with Gasteiger partial charge in [-0.2, -0.15) is 0 Å². The van der Waals surface area contributed by atoms with E-state index in [1.54, 1.807) is 36.7 Å². The van der Waals surface area contributed by atoms with E-state index < -0.39 is 29.3 Å². The molecule has 162 valence electrons. The van der Waals surface area contributed by atoms with Gasteiger partial charge in [-0.25, -0.2) is 4.39 Å². The maximum absolute atomic E-state index is 14.0. The van der Waals surface area contributed by atoms with Crippen LogP contribution in [0.2, 0.25) is 0 Å². The van der Waals surface area contributed by atoms with Crippen molar-refractivity contribution in [3.05, 3.63) is 95.1 Å². The Bertz CT molecular complexity index is 1230. The molecule has 0 radical (unpaired) electrons. The molecule has 4 rings (SSSR count). The number of hydrogen-bond donors (Lipinski definition) is 2. The molecule has 0 bridgehead atoms. The first-order chi connectivity index (χ1) is 15.4. The fourth-order valence-electron chi connectivity index (χ4n) is 3.78. The van der Waals surface area contributed by atoms with Gasteiger partial charge < -0.3 is 19.8 Å². The van der Waals surface area contributed by atoms with Crippen molar-refractivity contribution < 1.29 is 28.9 Å². The molecule has 0 saturated carbocycles. The molecule has 7 nitrogen and oxygen atoms in total. The third kappa shape index (κ3) is 3.78. The van der Waals surface area contributed by atoms with Crippen LogP contribution >= 0.6 is 0 Å². The number of methoxy groups -OCH3 is 1. The van der Waals surface area contributed by atoms with E-state index in [-0.39, 0.29) is 29.2 Å². The number of aromatic nitrogens is 1. The van der Waals surface area contributed by atoms with E-state index in [0.717, 1.165) is 12.1 Å². The Hall–Kier alpha value is -4.20. The SMILES string of the molecule is COc1ccc(F)cc1/C(O)=C1\C(=O)C(=O)N(Cc2cccnc2)C1c1cccc(O)c1. The first kappa shape index (κ1) is 21.0. The second-order valence-corrected chi connectivity index (χ2v) is 7.23. The molecule has 0 aliphatic carbocycles. The lowest BCUT2D eigenvalue weighted by Gasteiger charge is -2.25. The molecule has 32 heavy (non-hydrogen) atoms. The Morgan fingerprint density at radius 3 is 2.66 bits per heavy atom. The monoisotopic (exact) mass is 434 g/mol. The average molecular weight is 434 g/mol. The number of aliphatic hydroxyl groups is 1. The zero-order chi connectivity index (χ0) is 22.8. The molecule has 8 heteroatoms. The summed E-state index contributed by atoms with van der Waals surface area (Å²) >= 11 is 0. The van der Waals surface area contributed by atoms with Gasteiger partial charge in [-0.3, -0.25) is 14.6 Å². The molecule has 3 aromatic rings. The van der Waals surface area contributed by atoms with Crippen LogP contribution in [0.4, 0.5) is 4.39 Å². The molecular weight excluding hydrogens is 415 g/mol. The van der Waals surface area contributed by atoms with Crippen molar-refractivity contribution in [3.8, 4) is 11.5 Å². The molecule has 2 N–H and O–H groups in total. The number of benzene rings is 2. The molecule has 1 atom stereocenters. The van der Waals surface area contributed by atoms with Gasteiger partial charge in [-0.05, 0) is 47.5 Å². The normalized spacial score (nSPS) is 17.6. The van der Waals surface area contributed by atoms with Crippen LogP contribution in [-0.2, 0) is 16.1 Å². The lowest BCUT2D eigenvalue weighted by molar-refractivity contribution is -0.140. The summed E-state index contributed by atoms with van der Waals surface area (Å²) in [6.45, 7) is 0.0375. The lowest BCUT2D eigenvalue weighted by atomic mass is 9.94. The van der Waals surface area contributed by atoms with Crippen molar-refractivity contribution in [2.45, 2.75) is 12.6 Å². The summed E-state index contributed by atoms with van der Waals surface area (Å²) in [5, 5.41) is 21.1. The average Bonchev–Trinajstić information content (AvgIpc) is 3.04. The number of pyridine rings is 1. The largest absolute Gasteiger partial charge is 0.508 e. The van der Waals surface area contributed by atoms with E-state index in [4.69, 9.17) is 4.74 Å². The van der Waals surface area contributed by atoms with Gasteiger partial charge in [0, 0.05) is 18.9 Å². The van der Waals surface area contributed by atoms with E-state index in [0.29, 0.717) is 11.1 Å². The standard InChI is InChI=1S/C24H19FN2O5/c1-32-19-8-7-16(25)11-18(19)22(29)20-21(15-5-2-6-17(28)10-15)27(24(31)23(20)30)13-14-4-3-9-26-12-14/h2-12,21,28-29H,13H2,1H3/b22-20+. The van der Waals surface area contributed by atoms with E-state index in [2.05, 4.69) is 4.98 Å². The number of carbonyl (C=O) groups is 2. The Balaban J connectivity index is 1.92. The zero-order valence-electron chi connectivity index (χ0n) is 17.0. The van der Waals surface area contributed by atoms with Crippen LogP contribution in [0.1, 0.15) is 22.7 Å². The third-order valence-corrected chi connectivity index (χ3v) is 5.22. The highest BCUT2D eigenvalue weighted by Crippen LogP contribution is 2.42. The van der Waals surface area contributed by atoms with Crippen molar-refractivity contribution >= 4 is 17.4 Å². The summed E-state index contributed by atoms with van der Waals surface area (Å²) < 4.78 is 19.2. The first-order valence-electron chi connectivity index (χ1n) is 9.71. The minimum Gasteiger partial charge on any atom is -0.508 e. The highest BCUT2D eigenvalue weighted by atomic mass is 19.1.